The fourth-order valence-electron chi connectivity index (χ4n) is 1.73. The van der Waals surface area contributed by atoms with Crippen molar-refractivity contribution in [2.24, 2.45) is 0 Å². The molecule has 0 saturated carbocycles. The number of aryl methyl sites for hydroxylation is 1. The average Bonchev–Trinajstić information content (AvgIpc) is 2.50. The lowest BCUT2D eigenvalue weighted by Crippen LogP contribution is -2.24. The summed E-state index contributed by atoms with van der Waals surface area (Å²) < 4.78 is 0. The van der Waals surface area contributed by atoms with Crippen LogP contribution in [-0.2, 0) is 4.79 Å². The summed E-state index contributed by atoms with van der Waals surface area (Å²) in [5.41, 5.74) is 8.45. The van der Waals surface area contributed by atoms with Crippen LogP contribution in [0.2, 0.25) is 0 Å². The zero-order chi connectivity index (χ0) is 11.0. The summed E-state index contributed by atoms with van der Waals surface area (Å²) in [4.78, 5) is 13.4. The van der Waals surface area contributed by atoms with Crippen molar-refractivity contribution in [1.82, 2.24) is 0 Å². The zero-order valence-electron chi connectivity index (χ0n) is 8.60. The molecule has 1 saturated heterocycles. The Morgan fingerprint density at radius 1 is 1.53 bits per heavy atom. The first-order valence-electron chi connectivity index (χ1n) is 4.92. The summed E-state index contributed by atoms with van der Waals surface area (Å²) in [7, 11) is 0. The molecule has 3 nitrogen and oxygen atoms in total. The minimum absolute atomic E-state index is 0.123. The van der Waals surface area contributed by atoms with E-state index >= 15 is 0 Å². The predicted octanol–water partition coefficient (Wildman–Crippen LogP) is 1.61. The number of thiol groups is 1. The SMILES string of the molecule is Cc1ccc(N2CC(S)CC2=O)cc1N. The van der Waals surface area contributed by atoms with E-state index in [1.54, 1.807) is 4.90 Å². The van der Waals surface area contributed by atoms with E-state index in [-0.39, 0.29) is 11.2 Å². The van der Waals surface area contributed by atoms with E-state index in [0.717, 1.165) is 16.9 Å². The van der Waals surface area contributed by atoms with Gasteiger partial charge in [-0.05, 0) is 24.6 Å². The first kappa shape index (κ1) is 10.4. The van der Waals surface area contributed by atoms with Crippen LogP contribution in [0.15, 0.2) is 18.2 Å². The van der Waals surface area contributed by atoms with Crippen molar-refractivity contribution in [3.63, 3.8) is 0 Å². The number of carbonyl (C=O) groups excluding carboxylic acids is 1. The van der Waals surface area contributed by atoms with Crippen LogP contribution in [0.25, 0.3) is 0 Å². The Labute approximate surface area is 94.7 Å². The van der Waals surface area contributed by atoms with Gasteiger partial charge in [-0.15, -0.1) is 0 Å². The maximum absolute atomic E-state index is 11.6. The van der Waals surface area contributed by atoms with Crippen LogP contribution < -0.4 is 10.6 Å². The fourth-order valence-corrected chi connectivity index (χ4v) is 2.05. The Morgan fingerprint density at radius 3 is 2.80 bits per heavy atom. The van der Waals surface area contributed by atoms with Crippen LogP contribution in [0.5, 0.6) is 0 Å². The zero-order valence-corrected chi connectivity index (χ0v) is 9.50. The fraction of sp³-hybridized carbons (Fsp3) is 0.364. The van der Waals surface area contributed by atoms with Crippen molar-refractivity contribution >= 4 is 29.9 Å². The van der Waals surface area contributed by atoms with Crippen LogP contribution in [0.3, 0.4) is 0 Å². The van der Waals surface area contributed by atoms with E-state index in [9.17, 15) is 4.79 Å². The van der Waals surface area contributed by atoms with Gasteiger partial charge in [0.1, 0.15) is 0 Å². The highest BCUT2D eigenvalue weighted by Crippen LogP contribution is 2.26. The number of hydrogen-bond acceptors (Lipinski definition) is 3. The third-order valence-corrected chi connectivity index (χ3v) is 3.02. The molecule has 2 N–H and O–H groups in total. The number of carbonyl (C=O) groups is 1. The van der Waals surface area contributed by atoms with Crippen LogP contribution in [0.1, 0.15) is 12.0 Å². The van der Waals surface area contributed by atoms with E-state index in [1.165, 1.54) is 0 Å². The molecule has 80 valence electrons. The number of hydrogen-bond donors (Lipinski definition) is 2. The Kier molecular flexibility index (Phi) is 2.61. The summed E-state index contributed by atoms with van der Waals surface area (Å²) in [6.07, 6.45) is 0.511. The van der Waals surface area contributed by atoms with Crippen LogP contribution in [0, 0.1) is 6.92 Å². The molecule has 0 radical (unpaired) electrons. The Morgan fingerprint density at radius 2 is 2.27 bits per heavy atom. The standard InChI is InChI=1S/C11H14N2OS/c1-7-2-3-8(4-10(7)12)13-6-9(15)5-11(13)14/h2-4,9,15H,5-6,12H2,1H3. The van der Waals surface area contributed by atoms with Crippen LogP contribution >= 0.6 is 12.6 Å². The molecule has 0 bridgehead atoms. The third kappa shape index (κ3) is 1.95. The first-order chi connectivity index (χ1) is 7.08. The molecule has 0 spiro atoms. The van der Waals surface area contributed by atoms with E-state index in [0.29, 0.717) is 13.0 Å². The van der Waals surface area contributed by atoms with E-state index < -0.39 is 0 Å². The number of amides is 1. The highest BCUT2D eigenvalue weighted by Gasteiger charge is 2.28. The minimum atomic E-state index is 0.123. The molecule has 1 heterocycles. The van der Waals surface area contributed by atoms with E-state index in [1.807, 2.05) is 25.1 Å². The van der Waals surface area contributed by atoms with Gasteiger partial charge >= 0.3 is 0 Å². The number of benzene rings is 1. The van der Waals surface area contributed by atoms with Gasteiger partial charge in [-0.3, -0.25) is 4.79 Å². The number of nitrogen functional groups attached to an aromatic ring is 1. The Bertz CT molecular complexity index is 406. The molecule has 1 aliphatic heterocycles. The summed E-state index contributed by atoms with van der Waals surface area (Å²) in [6.45, 7) is 2.62. The number of anilines is 2. The van der Waals surface area contributed by atoms with Gasteiger partial charge in [0.15, 0.2) is 0 Å². The van der Waals surface area contributed by atoms with Crippen molar-refractivity contribution < 1.29 is 4.79 Å². The highest BCUT2D eigenvalue weighted by molar-refractivity contribution is 7.81. The minimum Gasteiger partial charge on any atom is -0.398 e. The van der Waals surface area contributed by atoms with Gasteiger partial charge in [-0.25, -0.2) is 0 Å². The molecular formula is C11H14N2OS. The molecule has 1 unspecified atom stereocenters. The highest BCUT2D eigenvalue weighted by atomic mass is 32.1. The van der Waals surface area contributed by atoms with Gasteiger partial charge in [-0.1, -0.05) is 6.07 Å². The summed E-state index contributed by atoms with van der Waals surface area (Å²) in [5, 5.41) is 0.139. The van der Waals surface area contributed by atoms with Crippen molar-refractivity contribution in [1.29, 1.82) is 0 Å². The Balaban J connectivity index is 2.30. The summed E-state index contributed by atoms with van der Waals surface area (Å²) in [5.74, 6) is 0.123. The third-order valence-electron chi connectivity index (χ3n) is 2.68. The molecule has 0 aliphatic carbocycles. The van der Waals surface area contributed by atoms with Gasteiger partial charge in [0.05, 0.1) is 0 Å². The summed E-state index contributed by atoms with van der Waals surface area (Å²) in [6, 6.07) is 5.71. The van der Waals surface area contributed by atoms with Crippen molar-refractivity contribution in [3.05, 3.63) is 23.8 Å². The van der Waals surface area contributed by atoms with E-state index in [2.05, 4.69) is 12.6 Å². The quantitative estimate of drug-likeness (QED) is 0.560. The van der Waals surface area contributed by atoms with Gasteiger partial charge in [0.25, 0.3) is 0 Å². The molecule has 4 heteroatoms. The van der Waals surface area contributed by atoms with E-state index in [4.69, 9.17) is 5.73 Å². The van der Waals surface area contributed by atoms with Crippen molar-refractivity contribution in [3.8, 4) is 0 Å². The molecule has 1 fully saturated rings. The monoisotopic (exact) mass is 222 g/mol. The van der Waals surface area contributed by atoms with Gasteiger partial charge < -0.3 is 10.6 Å². The second-order valence-corrected chi connectivity index (χ2v) is 4.63. The van der Waals surface area contributed by atoms with Gasteiger partial charge in [0.2, 0.25) is 5.91 Å². The number of nitrogens with zero attached hydrogens (tertiary/aromatic N) is 1. The lowest BCUT2D eigenvalue weighted by atomic mass is 10.2. The Hall–Kier alpha value is -1.16. The van der Waals surface area contributed by atoms with Gasteiger partial charge in [0, 0.05) is 29.6 Å². The largest absolute Gasteiger partial charge is 0.398 e. The molecule has 15 heavy (non-hydrogen) atoms. The van der Waals surface area contributed by atoms with Crippen molar-refractivity contribution in [2.45, 2.75) is 18.6 Å². The molecule has 1 aliphatic rings. The predicted molar refractivity (Wildman–Crippen MR) is 65.3 cm³/mol. The molecular weight excluding hydrogens is 208 g/mol. The molecule has 2 rings (SSSR count). The second kappa shape index (κ2) is 3.77. The molecule has 0 aromatic heterocycles. The topological polar surface area (TPSA) is 46.3 Å². The van der Waals surface area contributed by atoms with Crippen LogP contribution in [0.4, 0.5) is 11.4 Å². The number of rotatable bonds is 1. The molecule has 1 aromatic carbocycles. The summed E-state index contributed by atoms with van der Waals surface area (Å²) >= 11 is 4.31. The maximum Gasteiger partial charge on any atom is 0.228 e. The number of nitrogens with two attached hydrogens (primary N) is 1. The van der Waals surface area contributed by atoms with Gasteiger partial charge in [-0.2, -0.15) is 12.6 Å². The molecule has 1 amide bonds. The lowest BCUT2D eigenvalue weighted by molar-refractivity contribution is -0.117. The average molecular weight is 222 g/mol. The molecule has 1 aromatic rings. The van der Waals surface area contributed by atoms with Crippen LogP contribution in [-0.4, -0.2) is 17.7 Å². The normalized spacial score (nSPS) is 21.1. The smallest absolute Gasteiger partial charge is 0.228 e. The lowest BCUT2D eigenvalue weighted by Gasteiger charge is -2.17. The maximum atomic E-state index is 11.6. The second-order valence-electron chi connectivity index (χ2n) is 3.90. The van der Waals surface area contributed by atoms with Crippen molar-refractivity contribution in [2.75, 3.05) is 17.2 Å². The first-order valence-corrected chi connectivity index (χ1v) is 5.44. The molecule has 1 atom stereocenters.